The molecule has 0 amide bonds. The number of carbonyl (C=O) groups excluding carboxylic acids is 1. The van der Waals surface area contributed by atoms with E-state index in [2.05, 4.69) is 11.5 Å². The minimum atomic E-state index is -0.108. The average Bonchev–Trinajstić information content (AvgIpc) is 2.99. The van der Waals surface area contributed by atoms with Crippen LogP contribution in [0.2, 0.25) is 0 Å². The molecule has 1 aliphatic rings. The van der Waals surface area contributed by atoms with Gasteiger partial charge in [-0.05, 0) is 25.1 Å². The Morgan fingerprint density at radius 3 is 2.65 bits per heavy atom. The first-order valence-electron chi connectivity index (χ1n) is 8.78. The van der Waals surface area contributed by atoms with Gasteiger partial charge in [-0.3, -0.25) is 14.3 Å². The zero-order valence-corrected chi connectivity index (χ0v) is 15.8. The summed E-state index contributed by atoms with van der Waals surface area (Å²) in [5.74, 6) is 0.741. The number of esters is 1. The monoisotopic (exact) mass is 372 g/mol. The van der Waals surface area contributed by atoms with Crippen molar-refractivity contribution >= 4 is 18.2 Å². The third-order valence-electron chi connectivity index (χ3n) is 4.72. The topological polar surface area (TPSA) is 52.3 Å². The van der Waals surface area contributed by atoms with Gasteiger partial charge in [0.25, 0.3) is 0 Å². The third-order valence-corrected chi connectivity index (χ3v) is 5.15. The SMILES string of the molecule is C=CCn1c(-c2ccccc2)nn(CN2CCC(C(=O)OC)CC2)c1=S. The highest BCUT2D eigenvalue weighted by Gasteiger charge is 2.26. The molecular weight excluding hydrogens is 348 g/mol. The Morgan fingerprint density at radius 2 is 2.04 bits per heavy atom. The van der Waals surface area contributed by atoms with Crippen LogP contribution >= 0.6 is 12.2 Å². The number of benzene rings is 1. The van der Waals surface area contributed by atoms with Crippen molar-refractivity contribution < 1.29 is 9.53 Å². The molecule has 0 saturated carbocycles. The Hall–Kier alpha value is -2.25. The highest BCUT2D eigenvalue weighted by Crippen LogP contribution is 2.21. The van der Waals surface area contributed by atoms with E-state index in [0.29, 0.717) is 18.0 Å². The number of carbonyl (C=O) groups is 1. The first-order valence-corrected chi connectivity index (χ1v) is 9.19. The van der Waals surface area contributed by atoms with E-state index in [9.17, 15) is 4.79 Å². The van der Waals surface area contributed by atoms with Crippen LogP contribution in [0.25, 0.3) is 11.4 Å². The number of piperidine rings is 1. The molecule has 2 heterocycles. The van der Waals surface area contributed by atoms with Crippen molar-refractivity contribution in [3.8, 4) is 11.4 Å². The highest BCUT2D eigenvalue weighted by molar-refractivity contribution is 7.71. The van der Waals surface area contributed by atoms with Crippen molar-refractivity contribution in [3.63, 3.8) is 0 Å². The molecule has 0 atom stereocenters. The molecule has 0 N–H and O–H groups in total. The van der Waals surface area contributed by atoms with Gasteiger partial charge >= 0.3 is 5.97 Å². The zero-order valence-electron chi connectivity index (χ0n) is 15.0. The second kappa shape index (κ2) is 8.42. The summed E-state index contributed by atoms with van der Waals surface area (Å²) in [4.78, 5) is 13.9. The summed E-state index contributed by atoms with van der Waals surface area (Å²) in [5.41, 5.74) is 1.03. The number of nitrogens with zero attached hydrogens (tertiary/aromatic N) is 4. The summed E-state index contributed by atoms with van der Waals surface area (Å²) in [6.07, 6.45) is 3.44. The Bertz CT molecular complexity index is 820. The Labute approximate surface area is 158 Å². The number of hydrogen-bond acceptors (Lipinski definition) is 5. The number of hydrogen-bond donors (Lipinski definition) is 0. The van der Waals surface area contributed by atoms with Crippen LogP contribution in [-0.4, -0.2) is 45.4 Å². The molecule has 6 nitrogen and oxygen atoms in total. The van der Waals surface area contributed by atoms with E-state index in [1.54, 1.807) is 0 Å². The zero-order chi connectivity index (χ0) is 18.5. The summed E-state index contributed by atoms with van der Waals surface area (Å²) >= 11 is 5.65. The van der Waals surface area contributed by atoms with Gasteiger partial charge in [0.15, 0.2) is 10.6 Å². The summed E-state index contributed by atoms with van der Waals surface area (Å²) in [6, 6.07) is 10.0. The van der Waals surface area contributed by atoms with E-state index >= 15 is 0 Å². The summed E-state index contributed by atoms with van der Waals surface area (Å²) in [7, 11) is 1.45. The first kappa shape index (κ1) is 18.5. The minimum Gasteiger partial charge on any atom is -0.469 e. The van der Waals surface area contributed by atoms with Gasteiger partial charge in [0.1, 0.15) is 0 Å². The molecule has 7 heteroatoms. The number of rotatable bonds is 6. The predicted molar refractivity (Wildman–Crippen MR) is 103 cm³/mol. The van der Waals surface area contributed by atoms with Gasteiger partial charge < -0.3 is 4.74 Å². The maximum Gasteiger partial charge on any atom is 0.308 e. The van der Waals surface area contributed by atoms with Crippen LogP contribution in [-0.2, 0) is 22.7 Å². The molecule has 1 aromatic heterocycles. The molecular formula is C19H24N4O2S. The smallest absolute Gasteiger partial charge is 0.308 e. The molecule has 3 rings (SSSR count). The molecule has 1 fully saturated rings. The Balaban J connectivity index is 1.78. The second-order valence-electron chi connectivity index (χ2n) is 6.43. The molecule has 0 bridgehead atoms. The molecule has 0 spiro atoms. The minimum absolute atomic E-state index is 0.00225. The standard InChI is InChI=1S/C19H24N4O2S/c1-3-11-22-17(15-7-5-4-6-8-15)20-23(19(22)26)14-21-12-9-16(10-13-21)18(24)25-2/h3-8,16H,1,9-14H2,2H3. The maximum absolute atomic E-state index is 11.7. The van der Waals surface area contributed by atoms with E-state index in [1.165, 1.54) is 7.11 Å². The van der Waals surface area contributed by atoms with Crippen LogP contribution in [0.15, 0.2) is 43.0 Å². The fourth-order valence-electron chi connectivity index (χ4n) is 3.29. The van der Waals surface area contributed by atoms with E-state index in [0.717, 1.165) is 37.3 Å². The fourth-order valence-corrected chi connectivity index (χ4v) is 3.55. The number of aromatic nitrogens is 3. The van der Waals surface area contributed by atoms with Crippen LogP contribution in [0.1, 0.15) is 12.8 Å². The highest BCUT2D eigenvalue weighted by atomic mass is 32.1. The first-order chi connectivity index (χ1) is 12.6. The molecule has 0 aliphatic carbocycles. The molecule has 1 saturated heterocycles. The molecule has 1 aliphatic heterocycles. The molecule has 1 aromatic carbocycles. The van der Waals surface area contributed by atoms with Crippen LogP contribution < -0.4 is 0 Å². The summed E-state index contributed by atoms with van der Waals surface area (Å²) in [6.45, 7) is 6.73. The molecule has 138 valence electrons. The Morgan fingerprint density at radius 1 is 1.35 bits per heavy atom. The van der Waals surface area contributed by atoms with Crippen molar-refractivity contribution in [2.75, 3.05) is 20.2 Å². The van der Waals surface area contributed by atoms with Gasteiger partial charge in [-0.15, -0.1) is 6.58 Å². The fraction of sp³-hybridized carbons (Fsp3) is 0.421. The van der Waals surface area contributed by atoms with Gasteiger partial charge in [-0.1, -0.05) is 36.4 Å². The lowest BCUT2D eigenvalue weighted by Crippen LogP contribution is -2.38. The van der Waals surface area contributed by atoms with Gasteiger partial charge in [0.05, 0.1) is 19.7 Å². The van der Waals surface area contributed by atoms with Crippen molar-refractivity contribution in [1.29, 1.82) is 0 Å². The molecule has 26 heavy (non-hydrogen) atoms. The van der Waals surface area contributed by atoms with Crippen LogP contribution in [0.3, 0.4) is 0 Å². The lowest BCUT2D eigenvalue weighted by atomic mass is 9.97. The second-order valence-corrected chi connectivity index (χ2v) is 6.79. The Kier molecular flexibility index (Phi) is 6.00. The van der Waals surface area contributed by atoms with Gasteiger partial charge in [0, 0.05) is 25.2 Å². The third kappa shape index (κ3) is 3.94. The number of methoxy groups -OCH3 is 1. The largest absolute Gasteiger partial charge is 0.469 e. The summed E-state index contributed by atoms with van der Waals surface area (Å²) < 4.78 is 9.39. The lowest BCUT2D eigenvalue weighted by Gasteiger charge is -2.30. The van der Waals surface area contributed by atoms with Crippen LogP contribution in [0.5, 0.6) is 0 Å². The lowest BCUT2D eigenvalue weighted by molar-refractivity contribution is -0.147. The average molecular weight is 372 g/mol. The van der Waals surface area contributed by atoms with Gasteiger partial charge in [-0.25, -0.2) is 4.68 Å². The van der Waals surface area contributed by atoms with E-state index in [4.69, 9.17) is 22.1 Å². The molecule has 0 radical (unpaired) electrons. The predicted octanol–water partition coefficient (Wildman–Crippen LogP) is 3.11. The van der Waals surface area contributed by atoms with E-state index in [-0.39, 0.29) is 11.9 Å². The number of ether oxygens (including phenoxy) is 1. The number of allylic oxidation sites excluding steroid dienone is 1. The van der Waals surface area contributed by atoms with Crippen LogP contribution in [0, 0.1) is 10.7 Å². The normalized spacial score (nSPS) is 15.7. The van der Waals surface area contributed by atoms with Crippen molar-refractivity contribution in [3.05, 3.63) is 47.8 Å². The quantitative estimate of drug-likeness (QED) is 0.443. The van der Waals surface area contributed by atoms with Gasteiger partial charge in [-0.2, -0.15) is 5.10 Å². The van der Waals surface area contributed by atoms with Crippen molar-refractivity contribution in [2.24, 2.45) is 5.92 Å². The molecule has 2 aromatic rings. The summed E-state index contributed by atoms with van der Waals surface area (Å²) in [5, 5.41) is 4.76. The van der Waals surface area contributed by atoms with E-state index in [1.807, 2.05) is 45.7 Å². The van der Waals surface area contributed by atoms with Crippen LogP contribution in [0.4, 0.5) is 0 Å². The van der Waals surface area contributed by atoms with Crippen molar-refractivity contribution in [1.82, 2.24) is 19.2 Å². The maximum atomic E-state index is 11.7. The van der Waals surface area contributed by atoms with Gasteiger partial charge in [0.2, 0.25) is 0 Å². The molecule has 0 unspecified atom stereocenters. The van der Waals surface area contributed by atoms with Crippen molar-refractivity contribution in [2.45, 2.75) is 26.1 Å². The number of likely N-dealkylation sites (tertiary alicyclic amines) is 1. The van der Waals surface area contributed by atoms with E-state index < -0.39 is 0 Å².